The van der Waals surface area contributed by atoms with E-state index in [0.29, 0.717) is 17.9 Å². The molecule has 1 atom stereocenters. The molecule has 0 amide bonds. The van der Waals surface area contributed by atoms with Crippen molar-refractivity contribution in [2.45, 2.75) is 30.2 Å². The van der Waals surface area contributed by atoms with Gasteiger partial charge in [0.1, 0.15) is 4.90 Å². The molecule has 1 fully saturated rings. The van der Waals surface area contributed by atoms with Crippen molar-refractivity contribution in [1.29, 1.82) is 0 Å². The van der Waals surface area contributed by atoms with Crippen LogP contribution < -0.4 is 5.73 Å². The maximum atomic E-state index is 11.6. The highest BCUT2D eigenvalue weighted by Gasteiger charge is 2.32. The molecule has 1 unspecified atom stereocenters. The zero-order valence-electron chi connectivity index (χ0n) is 10.6. The van der Waals surface area contributed by atoms with Crippen molar-refractivity contribution in [2.24, 2.45) is 11.7 Å². The molecule has 1 saturated carbocycles. The van der Waals surface area contributed by atoms with Crippen LogP contribution >= 0.6 is 0 Å². The van der Waals surface area contributed by atoms with Crippen molar-refractivity contribution < 1.29 is 13.3 Å². The molecule has 0 radical (unpaired) electrons. The summed E-state index contributed by atoms with van der Waals surface area (Å²) in [7, 11) is -3.62. The van der Waals surface area contributed by atoms with Gasteiger partial charge in [-0.05, 0) is 31.2 Å². The van der Waals surface area contributed by atoms with Gasteiger partial charge >= 0.3 is 0 Å². The summed E-state index contributed by atoms with van der Waals surface area (Å²) in [6.45, 7) is 0. The van der Waals surface area contributed by atoms with Crippen molar-refractivity contribution in [1.82, 2.24) is 0 Å². The normalized spacial score (nSPS) is 17.2. The minimum atomic E-state index is -3.62. The number of benzene rings is 1. The third-order valence-corrected chi connectivity index (χ3v) is 4.48. The van der Waals surface area contributed by atoms with E-state index in [4.69, 9.17) is 5.73 Å². The topological polar surface area (TPSA) is 103 Å². The molecule has 104 valence electrons. The Bertz CT molecular complexity index is 608. The van der Waals surface area contributed by atoms with Gasteiger partial charge in [-0.2, -0.15) is 0 Å². The van der Waals surface area contributed by atoms with Gasteiger partial charge in [-0.25, -0.2) is 8.42 Å². The van der Waals surface area contributed by atoms with Crippen LogP contribution in [0.2, 0.25) is 0 Å². The second-order valence-corrected chi connectivity index (χ2v) is 6.98. The van der Waals surface area contributed by atoms with E-state index in [2.05, 4.69) is 0 Å². The number of nitrogens with zero attached hydrogens (tertiary/aromatic N) is 1. The summed E-state index contributed by atoms with van der Waals surface area (Å²) >= 11 is 0. The molecule has 0 aliphatic heterocycles. The first-order valence-corrected chi connectivity index (χ1v) is 7.91. The van der Waals surface area contributed by atoms with Crippen LogP contribution in [0.15, 0.2) is 23.1 Å². The van der Waals surface area contributed by atoms with E-state index in [-0.39, 0.29) is 16.6 Å². The van der Waals surface area contributed by atoms with E-state index < -0.39 is 14.8 Å². The fourth-order valence-corrected chi connectivity index (χ4v) is 3.07. The predicted octanol–water partition coefficient (Wildman–Crippen LogP) is 1.28. The summed E-state index contributed by atoms with van der Waals surface area (Å²) < 4.78 is 23.2. The second-order valence-electron chi connectivity index (χ2n) is 5.00. The van der Waals surface area contributed by atoms with Crippen LogP contribution in [-0.2, 0) is 16.3 Å². The van der Waals surface area contributed by atoms with Crippen molar-refractivity contribution in [3.05, 3.63) is 33.9 Å². The molecule has 0 bridgehead atoms. The lowest BCUT2D eigenvalue weighted by molar-refractivity contribution is -0.388. The molecule has 7 heteroatoms. The Morgan fingerprint density at radius 3 is 2.58 bits per heavy atom. The molecule has 1 aromatic rings. The Morgan fingerprint density at radius 2 is 2.11 bits per heavy atom. The highest BCUT2D eigenvalue weighted by atomic mass is 32.2. The van der Waals surface area contributed by atoms with Gasteiger partial charge in [0.05, 0.1) is 4.92 Å². The second kappa shape index (κ2) is 4.90. The average molecular weight is 284 g/mol. The summed E-state index contributed by atoms with van der Waals surface area (Å²) in [6.07, 6.45) is 3.39. The Labute approximate surface area is 111 Å². The van der Waals surface area contributed by atoms with Crippen LogP contribution in [0.1, 0.15) is 18.4 Å². The summed E-state index contributed by atoms with van der Waals surface area (Å²) in [5.74, 6) is 0.404. The van der Waals surface area contributed by atoms with Crippen molar-refractivity contribution in [3.63, 3.8) is 0 Å². The molecule has 0 spiro atoms. The minimum absolute atomic E-state index is 0.145. The first kappa shape index (κ1) is 14.0. The lowest BCUT2D eigenvalue weighted by Gasteiger charge is -2.11. The fourth-order valence-electron chi connectivity index (χ4n) is 2.18. The molecule has 6 nitrogen and oxygen atoms in total. The van der Waals surface area contributed by atoms with Crippen LogP contribution in [0.25, 0.3) is 0 Å². The van der Waals surface area contributed by atoms with Gasteiger partial charge in [0, 0.05) is 17.9 Å². The van der Waals surface area contributed by atoms with Crippen LogP contribution in [0.4, 0.5) is 5.69 Å². The lowest BCUT2D eigenvalue weighted by atomic mass is 10.0. The number of nitrogens with two attached hydrogens (primary N) is 1. The van der Waals surface area contributed by atoms with E-state index in [0.717, 1.165) is 19.1 Å². The number of hydrogen-bond acceptors (Lipinski definition) is 5. The standard InChI is InChI=1S/C12H16N2O4S/c1-19(17,18)11-4-2-3-9(12(11)14(15)16)7-10(13)8-5-6-8/h2-4,8,10H,5-7,13H2,1H3. The predicted molar refractivity (Wildman–Crippen MR) is 70.6 cm³/mol. The zero-order valence-corrected chi connectivity index (χ0v) is 11.4. The van der Waals surface area contributed by atoms with E-state index in [1.165, 1.54) is 12.1 Å². The molecular weight excluding hydrogens is 268 g/mol. The maximum absolute atomic E-state index is 11.6. The Balaban J connectivity index is 2.45. The lowest BCUT2D eigenvalue weighted by Crippen LogP contribution is -2.25. The van der Waals surface area contributed by atoms with E-state index in [9.17, 15) is 18.5 Å². The van der Waals surface area contributed by atoms with Gasteiger partial charge in [-0.1, -0.05) is 12.1 Å². The van der Waals surface area contributed by atoms with Gasteiger partial charge in [0.2, 0.25) is 0 Å². The summed E-state index contributed by atoms with van der Waals surface area (Å²) in [6, 6.07) is 4.22. The molecule has 2 rings (SSSR count). The SMILES string of the molecule is CS(=O)(=O)c1cccc(CC(N)C2CC2)c1[N+](=O)[O-]. The molecule has 0 saturated heterocycles. The Hall–Kier alpha value is -1.47. The zero-order chi connectivity index (χ0) is 14.2. The number of nitro groups is 1. The summed E-state index contributed by atoms with van der Waals surface area (Å²) in [5.41, 5.74) is 6.03. The van der Waals surface area contributed by atoms with Crippen LogP contribution in [0.5, 0.6) is 0 Å². The Morgan fingerprint density at radius 1 is 1.47 bits per heavy atom. The first-order valence-electron chi connectivity index (χ1n) is 6.02. The quantitative estimate of drug-likeness (QED) is 0.648. The highest BCUT2D eigenvalue weighted by Crippen LogP contribution is 2.35. The number of hydrogen-bond donors (Lipinski definition) is 1. The maximum Gasteiger partial charge on any atom is 0.291 e. The number of rotatable bonds is 5. The molecular formula is C12H16N2O4S. The van der Waals surface area contributed by atoms with E-state index in [1.807, 2.05) is 0 Å². The third kappa shape index (κ3) is 3.10. The van der Waals surface area contributed by atoms with Crippen molar-refractivity contribution >= 4 is 15.5 Å². The number of sulfone groups is 1. The van der Waals surface area contributed by atoms with Crippen LogP contribution in [0, 0.1) is 16.0 Å². The molecule has 0 aromatic heterocycles. The summed E-state index contributed by atoms with van der Waals surface area (Å²) in [4.78, 5) is 10.3. The molecule has 1 aliphatic carbocycles. The van der Waals surface area contributed by atoms with Gasteiger partial charge in [0.25, 0.3) is 5.69 Å². The summed E-state index contributed by atoms with van der Waals surface area (Å²) in [5, 5.41) is 11.2. The largest absolute Gasteiger partial charge is 0.327 e. The van der Waals surface area contributed by atoms with Crippen molar-refractivity contribution in [2.75, 3.05) is 6.26 Å². The molecule has 19 heavy (non-hydrogen) atoms. The van der Waals surface area contributed by atoms with Crippen LogP contribution in [-0.4, -0.2) is 25.6 Å². The van der Waals surface area contributed by atoms with Crippen LogP contribution in [0.3, 0.4) is 0 Å². The third-order valence-electron chi connectivity index (χ3n) is 3.35. The molecule has 0 heterocycles. The van der Waals surface area contributed by atoms with Gasteiger partial charge < -0.3 is 5.73 Å². The highest BCUT2D eigenvalue weighted by molar-refractivity contribution is 7.90. The van der Waals surface area contributed by atoms with Gasteiger partial charge in [-0.15, -0.1) is 0 Å². The van der Waals surface area contributed by atoms with E-state index in [1.54, 1.807) is 6.07 Å². The monoisotopic (exact) mass is 284 g/mol. The minimum Gasteiger partial charge on any atom is -0.327 e. The average Bonchev–Trinajstić information content (AvgIpc) is 3.10. The smallest absolute Gasteiger partial charge is 0.291 e. The first-order chi connectivity index (χ1) is 8.80. The molecule has 2 N–H and O–H groups in total. The Kier molecular flexibility index (Phi) is 3.60. The van der Waals surface area contributed by atoms with E-state index >= 15 is 0 Å². The van der Waals surface area contributed by atoms with Gasteiger partial charge in [0.15, 0.2) is 9.84 Å². The van der Waals surface area contributed by atoms with Crippen molar-refractivity contribution in [3.8, 4) is 0 Å². The molecule has 1 aliphatic rings. The fraction of sp³-hybridized carbons (Fsp3) is 0.500. The number of nitro benzene ring substituents is 1. The van der Waals surface area contributed by atoms with Gasteiger partial charge in [-0.3, -0.25) is 10.1 Å². The number of para-hydroxylation sites is 1. The molecule has 1 aromatic carbocycles.